The minimum Gasteiger partial charge on any atom is -0.496 e. The van der Waals surface area contributed by atoms with E-state index in [1.54, 1.807) is 19.1 Å². The molecule has 168 valence electrons. The van der Waals surface area contributed by atoms with Crippen LogP contribution in [0.5, 0.6) is 5.75 Å². The summed E-state index contributed by atoms with van der Waals surface area (Å²) < 4.78 is 5.52. The van der Waals surface area contributed by atoms with Crippen LogP contribution in [0.4, 0.5) is 0 Å². The number of aromatic nitrogens is 2. The number of rotatable bonds is 8. The number of aryl methyl sites for hydroxylation is 1. The van der Waals surface area contributed by atoms with Gasteiger partial charge in [-0.05, 0) is 49.3 Å². The van der Waals surface area contributed by atoms with E-state index in [1.807, 2.05) is 37.3 Å². The van der Waals surface area contributed by atoms with E-state index in [1.165, 1.54) is 0 Å². The maximum absolute atomic E-state index is 12.8. The van der Waals surface area contributed by atoms with Crippen molar-refractivity contribution in [2.75, 3.05) is 14.2 Å². The molecule has 2 N–H and O–H groups in total. The summed E-state index contributed by atoms with van der Waals surface area (Å²) in [5.41, 5.74) is 2.54. The largest absolute Gasteiger partial charge is 0.496 e. The molecule has 0 spiro atoms. The third-order valence-corrected chi connectivity index (χ3v) is 6.36. The Kier molecular flexibility index (Phi) is 6.17. The molecule has 3 aromatic rings. The van der Waals surface area contributed by atoms with Crippen molar-refractivity contribution in [3.63, 3.8) is 0 Å². The minimum absolute atomic E-state index is 0.0470. The summed E-state index contributed by atoms with van der Waals surface area (Å²) in [4.78, 5) is 26.7. The lowest BCUT2D eigenvalue weighted by molar-refractivity contribution is -0.131. The first-order valence-corrected chi connectivity index (χ1v) is 11.0. The molecule has 1 aliphatic rings. The van der Waals surface area contributed by atoms with Crippen LogP contribution in [0.2, 0.25) is 0 Å². The molecule has 7 nitrogen and oxygen atoms in total. The van der Waals surface area contributed by atoms with Crippen molar-refractivity contribution >= 4 is 22.6 Å². The van der Waals surface area contributed by atoms with Crippen molar-refractivity contribution < 1.29 is 14.3 Å². The van der Waals surface area contributed by atoms with Gasteiger partial charge in [-0.2, -0.15) is 5.10 Å². The number of H-pyrrole nitrogens is 1. The van der Waals surface area contributed by atoms with E-state index in [2.05, 4.69) is 27.6 Å². The maximum atomic E-state index is 12.8. The van der Waals surface area contributed by atoms with E-state index in [0.29, 0.717) is 32.2 Å². The lowest BCUT2D eigenvalue weighted by atomic mass is 9.83. The van der Waals surface area contributed by atoms with E-state index >= 15 is 0 Å². The molecule has 2 heterocycles. The van der Waals surface area contributed by atoms with Crippen LogP contribution in [-0.4, -0.2) is 46.6 Å². The number of carbonyl (C=O) groups is 2. The summed E-state index contributed by atoms with van der Waals surface area (Å²) in [6.45, 7) is 2.40. The number of carbonyl (C=O) groups excluding carboxylic acids is 2. The van der Waals surface area contributed by atoms with Gasteiger partial charge in [0.05, 0.1) is 19.3 Å². The van der Waals surface area contributed by atoms with Crippen LogP contribution in [0, 0.1) is 6.92 Å². The highest BCUT2D eigenvalue weighted by molar-refractivity contribution is 5.91. The summed E-state index contributed by atoms with van der Waals surface area (Å²) in [7, 11) is 3.47. The Morgan fingerprint density at radius 1 is 1.22 bits per heavy atom. The highest BCUT2D eigenvalue weighted by Crippen LogP contribution is 2.35. The third-order valence-electron chi connectivity index (χ3n) is 6.36. The highest BCUT2D eigenvalue weighted by atomic mass is 16.5. The molecule has 0 saturated carbocycles. The fourth-order valence-corrected chi connectivity index (χ4v) is 4.64. The van der Waals surface area contributed by atoms with Crippen molar-refractivity contribution in [3.8, 4) is 5.75 Å². The van der Waals surface area contributed by atoms with E-state index < -0.39 is 5.54 Å². The van der Waals surface area contributed by atoms with Crippen LogP contribution in [0.25, 0.3) is 10.8 Å². The molecular formula is C25H30N4O3. The molecule has 2 aromatic carbocycles. The standard InChI is InChI=1S/C25H30N4O3/c1-17-14-19(28-27-17)16-29(2)24(31)11-13-25(12-10-23(30)26-25)15-18-8-9-22(32-3)21-7-5-4-6-20(18)21/h4-9,14H,10-13,15-16H2,1-3H3,(H,26,30)(H,27,28)/t25-/m0/s1. The number of aromatic amines is 1. The Labute approximate surface area is 188 Å². The summed E-state index contributed by atoms with van der Waals surface area (Å²) >= 11 is 0. The number of nitrogens with one attached hydrogen (secondary N) is 2. The lowest BCUT2D eigenvalue weighted by Gasteiger charge is -2.30. The van der Waals surface area contributed by atoms with Crippen molar-refractivity contribution in [2.45, 2.75) is 51.1 Å². The van der Waals surface area contributed by atoms with Crippen LogP contribution in [0.1, 0.15) is 42.6 Å². The van der Waals surface area contributed by atoms with Gasteiger partial charge in [0, 0.05) is 36.5 Å². The van der Waals surface area contributed by atoms with Crippen molar-refractivity contribution in [1.82, 2.24) is 20.4 Å². The number of ether oxygens (including phenoxy) is 1. The van der Waals surface area contributed by atoms with Gasteiger partial charge in [-0.25, -0.2) is 0 Å². The normalized spacial score (nSPS) is 18.0. The van der Waals surface area contributed by atoms with Crippen LogP contribution < -0.4 is 10.1 Å². The quantitative estimate of drug-likeness (QED) is 0.568. The van der Waals surface area contributed by atoms with Crippen LogP contribution in [0.15, 0.2) is 42.5 Å². The zero-order valence-corrected chi connectivity index (χ0v) is 18.9. The molecule has 1 aromatic heterocycles. The number of amides is 2. The Morgan fingerprint density at radius 2 is 2.00 bits per heavy atom. The minimum atomic E-state index is -0.423. The second kappa shape index (κ2) is 9.02. The summed E-state index contributed by atoms with van der Waals surface area (Å²) in [6, 6.07) is 14.1. The van der Waals surface area contributed by atoms with Gasteiger partial charge >= 0.3 is 0 Å². The Balaban J connectivity index is 1.50. The Hall–Kier alpha value is -3.35. The predicted molar refractivity (Wildman–Crippen MR) is 123 cm³/mol. The molecule has 0 bridgehead atoms. The molecule has 0 aliphatic carbocycles. The zero-order chi connectivity index (χ0) is 22.7. The van der Waals surface area contributed by atoms with Gasteiger partial charge in [0.15, 0.2) is 0 Å². The molecule has 0 radical (unpaired) electrons. The SMILES string of the molecule is COc1ccc(C[C@@]2(CCC(=O)N(C)Cc3cc(C)[nH]n3)CCC(=O)N2)c2ccccc12. The molecule has 2 amide bonds. The van der Waals surface area contributed by atoms with E-state index in [0.717, 1.165) is 39.9 Å². The van der Waals surface area contributed by atoms with Crippen LogP contribution in [0.3, 0.4) is 0 Å². The molecule has 4 rings (SSSR count). The number of fused-ring (bicyclic) bond motifs is 1. The first-order valence-electron chi connectivity index (χ1n) is 11.0. The fraction of sp³-hybridized carbons (Fsp3) is 0.400. The van der Waals surface area contributed by atoms with Gasteiger partial charge in [-0.15, -0.1) is 0 Å². The summed E-state index contributed by atoms with van der Waals surface area (Å²) in [5, 5.41) is 12.5. The van der Waals surface area contributed by atoms with Gasteiger partial charge in [-0.3, -0.25) is 14.7 Å². The fourth-order valence-electron chi connectivity index (χ4n) is 4.64. The topological polar surface area (TPSA) is 87.3 Å². The number of nitrogens with zero attached hydrogens (tertiary/aromatic N) is 2. The van der Waals surface area contributed by atoms with Gasteiger partial charge < -0.3 is 15.0 Å². The third kappa shape index (κ3) is 4.61. The van der Waals surface area contributed by atoms with E-state index in [9.17, 15) is 9.59 Å². The van der Waals surface area contributed by atoms with Crippen molar-refractivity contribution in [2.24, 2.45) is 0 Å². The second-order valence-electron chi connectivity index (χ2n) is 8.77. The van der Waals surface area contributed by atoms with Crippen LogP contribution >= 0.6 is 0 Å². The molecule has 32 heavy (non-hydrogen) atoms. The predicted octanol–water partition coefficient (Wildman–Crippen LogP) is 3.51. The number of methoxy groups -OCH3 is 1. The van der Waals surface area contributed by atoms with Crippen molar-refractivity contribution in [3.05, 3.63) is 59.4 Å². The van der Waals surface area contributed by atoms with Gasteiger partial charge in [-0.1, -0.05) is 30.3 Å². The molecule has 7 heteroatoms. The first kappa shape index (κ1) is 21.9. The molecule has 1 atom stereocenters. The zero-order valence-electron chi connectivity index (χ0n) is 18.9. The first-order chi connectivity index (χ1) is 15.4. The molecule has 1 aliphatic heterocycles. The van der Waals surface area contributed by atoms with E-state index in [-0.39, 0.29) is 11.8 Å². The summed E-state index contributed by atoms with van der Waals surface area (Å²) in [6.07, 6.45) is 2.86. The number of benzene rings is 2. The smallest absolute Gasteiger partial charge is 0.222 e. The Bertz CT molecular complexity index is 1140. The number of hydrogen-bond acceptors (Lipinski definition) is 4. The molecule has 1 fully saturated rings. The number of hydrogen-bond donors (Lipinski definition) is 2. The molecule has 1 saturated heterocycles. The molecule has 0 unspecified atom stereocenters. The van der Waals surface area contributed by atoms with Crippen LogP contribution in [-0.2, 0) is 22.6 Å². The Morgan fingerprint density at radius 3 is 2.66 bits per heavy atom. The van der Waals surface area contributed by atoms with Gasteiger partial charge in [0.25, 0.3) is 0 Å². The summed E-state index contributed by atoms with van der Waals surface area (Å²) in [5.74, 6) is 0.931. The van der Waals surface area contributed by atoms with Gasteiger partial charge in [0.1, 0.15) is 5.75 Å². The average molecular weight is 435 g/mol. The van der Waals surface area contributed by atoms with E-state index in [4.69, 9.17) is 4.74 Å². The monoisotopic (exact) mass is 434 g/mol. The highest BCUT2D eigenvalue weighted by Gasteiger charge is 2.38. The van der Waals surface area contributed by atoms with Crippen molar-refractivity contribution in [1.29, 1.82) is 0 Å². The second-order valence-corrected chi connectivity index (χ2v) is 8.77. The average Bonchev–Trinajstić information content (AvgIpc) is 3.37. The maximum Gasteiger partial charge on any atom is 0.222 e. The van der Waals surface area contributed by atoms with Gasteiger partial charge in [0.2, 0.25) is 11.8 Å². The molecular weight excluding hydrogens is 404 g/mol. The lowest BCUT2D eigenvalue weighted by Crippen LogP contribution is -2.44.